The van der Waals surface area contributed by atoms with Gasteiger partial charge in [-0.25, -0.2) is 4.98 Å². The van der Waals surface area contributed by atoms with Gasteiger partial charge in [-0.3, -0.25) is 9.59 Å². The molecule has 0 unspecified atom stereocenters. The standard InChI is InChI=1S/C28H17BrN2O3S/c1-34-17-12-8-14(9-13-17)20-21-18-4-2-3-5-19(18)26(33)24(21)31-28-22(20)23(30)27(35-28)25(32)15-6-10-16(29)11-7-15/h2-13H,30H2,1H3. The van der Waals surface area contributed by atoms with E-state index < -0.39 is 0 Å². The smallest absolute Gasteiger partial charge is 0.212 e. The number of thiophene rings is 1. The number of carbonyl (C=O) groups is 2. The van der Waals surface area contributed by atoms with E-state index in [1.807, 2.05) is 60.7 Å². The molecule has 0 bridgehead atoms. The molecule has 0 spiro atoms. The summed E-state index contributed by atoms with van der Waals surface area (Å²) in [6.07, 6.45) is 0. The Bertz CT molecular complexity index is 1670. The number of methoxy groups -OCH3 is 1. The van der Waals surface area contributed by atoms with Crippen LogP contribution in [0.1, 0.15) is 31.3 Å². The van der Waals surface area contributed by atoms with Crippen LogP contribution in [0.4, 0.5) is 5.69 Å². The molecule has 2 aromatic heterocycles. The maximum Gasteiger partial charge on any atom is 0.212 e. The van der Waals surface area contributed by atoms with Gasteiger partial charge >= 0.3 is 0 Å². The second-order valence-electron chi connectivity index (χ2n) is 8.17. The Morgan fingerprint density at radius 2 is 1.63 bits per heavy atom. The van der Waals surface area contributed by atoms with Gasteiger partial charge in [0.25, 0.3) is 0 Å². The molecule has 1 aliphatic carbocycles. The van der Waals surface area contributed by atoms with Gasteiger partial charge in [0.15, 0.2) is 0 Å². The molecule has 35 heavy (non-hydrogen) atoms. The van der Waals surface area contributed by atoms with Crippen molar-refractivity contribution in [1.29, 1.82) is 0 Å². The molecule has 5 aromatic rings. The van der Waals surface area contributed by atoms with Gasteiger partial charge in [-0.1, -0.05) is 52.3 Å². The van der Waals surface area contributed by atoms with Crippen molar-refractivity contribution < 1.29 is 14.3 Å². The van der Waals surface area contributed by atoms with Crippen LogP contribution in [0.2, 0.25) is 0 Å². The van der Waals surface area contributed by atoms with Crippen LogP contribution in [0.15, 0.2) is 77.3 Å². The molecular weight excluding hydrogens is 524 g/mol. The maximum absolute atomic E-state index is 13.4. The minimum atomic E-state index is -0.175. The number of hydrogen-bond donors (Lipinski definition) is 1. The molecule has 0 saturated carbocycles. The molecule has 2 heterocycles. The van der Waals surface area contributed by atoms with Crippen molar-refractivity contribution in [2.24, 2.45) is 0 Å². The Hall–Kier alpha value is -3.81. The van der Waals surface area contributed by atoms with Crippen molar-refractivity contribution in [1.82, 2.24) is 4.98 Å². The number of carbonyl (C=O) groups excluding carboxylic acids is 2. The molecule has 0 radical (unpaired) electrons. The lowest BCUT2D eigenvalue weighted by atomic mass is 9.93. The van der Waals surface area contributed by atoms with E-state index in [1.54, 1.807) is 19.2 Å². The van der Waals surface area contributed by atoms with E-state index in [1.165, 1.54) is 11.3 Å². The summed E-state index contributed by atoms with van der Waals surface area (Å²) in [5, 5.41) is 0.684. The molecule has 0 atom stereocenters. The molecule has 0 saturated heterocycles. The van der Waals surface area contributed by atoms with Crippen LogP contribution in [0.3, 0.4) is 0 Å². The highest BCUT2D eigenvalue weighted by Crippen LogP contribution is 2.49. The second-order valence-corrected chi connectivity index (χ2v) is 10.1. The highest BCUT2D eigenvalue weighted by Gasteiger charge is 2.34. The van der Waals surface area contributed by atoms with E-state index >= 15 is 0 Å². The van der Waals surface area contributed by atoms with Gasteiger partial charge < -0.3 is 10.5 Å². The Morgan fingerprint density at radius 1 is 0.943 bits per heavy atom. The summed E-state index contributed by atoms with van der Waals surface area (Å²) in [6.45, 7) is 0. The van der Waals surface area contributed by atoms with Crippen molar-refractivity contribution in [3.05, 3.63) is 99.0 Å². The Balaban J connectivity index is 1.67. The van der Waals surface area contributed by atoms with Crippen LogP contribution in [-0.4, -0.2) is 23.7 Å². The SMILES string of the molecule is COc1ccc(-c2c3c(nc4sc(C(=O)c5ccc(Br)cc5)c(N)c24)C(=O)c2ccccc2-3)cc1. The van der Waals surface area contributed by atoms with E-state index in [2.05, 4.69) is 15.9 Å². The first-order valence-corrected chi connectivity index (χ1v) is 12.4. The number of halogens is 1. The first kappa shape index (κ1) is 21.7. The summed E-state index contributed by atoms with van der Waals surface area (Å²) in [5.74, 6) is 0.419. The first-order valence-electron chi connectivity index (χ1n) is 10.8. The van der Waals surface area contributed by atoms with Crippen molar-refractivity contribution in [3.8, 4) is 28.0 Å². The summed E-state index contributed by atoms with van der Waals surface area (Å²) in [4.78, 5) is 32.4. The minimum absolute atomic E-state index is 0.125. The fourth-order valence-corrected chi connectivity index (χ4v) is 5.88. The largest absolute Gasteiger partial charge is 0.497 e. The minimum Gasteiger partial charge on any atom is -0.497 e. The molecule has 7 heteroatoms. The van der Waals surface area contributed by atoms with Crippen LogP contribution in [0.5, 0.6) is 5.75 Å². The fraction of sp³-hybridized carbons (Fsp3) is 0.0357. The monoisotopic (exact) mass is 540 g/mol. The number of ether oxygens (including phenoxy) is 1. The lowest BCUT2D eigenvalue weighted by Crippen LogP contribution is -2.02. The van der Waals surface area contributed by atoms with Crippen molar-refractivity contribution in [3.63, 3.8) is 0 Å². The van der Waals surface area contributed by atoms with Crippen LogP contribution >= 0.6 is 27.3 Å². The molecule has 170 valence electrons. The highest BCUT2D eigenvalue weighted by atomic mass is 79.9. The number of benzene rings is 3. The third-order valence-corrected chi connectivity index (χ3v) is 7.85. The zero-order chi connectivity index (χ0) is 24.3. The van der Waals surface area contributed by atoms with E-state index in [9.17, 15) is 9.59 Å². The van der Waals surface area contributed by atoms with Crippen LogP contribution < -0.4 is 10.5 Å². The Labute approximate surface area is 213 Å². The molecule has 5 nitrogen and oxygen atoms in total. The zero-order valence-corrected chi connectivity index (χ0v) is 20.9. The van der Waals surface area contributed by atoms with E-state index in [4.69, 9.17) is 15.5 Å². The quantitative estimate of drug-likeness (QED) is 0.250. The number of aromatic nitrogens is 1. The summed E-state index contributed by atoms with van der Waals surface area (Å²) >= 11 is 4.62. The average molecular weight is 541 g/mol. The number of hydrogen-bond acceptors (Lipinski definition) is 6. The molecule has 3 aromatic carbocycles. The topological polar surface area (TPSA) is 82.3 Å². The number of pyridine rings is 1. The predicted molar refractivity (Wildman–Crippen MR) is 142 cm³/mol. The molecule has 1 aliphatic rings. The van der Waals surface area contributed by atoms with Crippen molar-refractivity contribution >= 4 is 54.7 Å². The van der Waals surface area contributed by atoms with Crippen molar-refractivity contribution in [2.75, 3.05) is 12.8 Å². The summed E-state index contributed by atoms with van der Waals surface area (Å²) in [6, 6.07) is 22.3. The molecule has 6 rings (SSSR count). The van der Waals surface area contributed by atoms with Gasteiger partial charge in [-0.2, -0.15) is 0 Å². The number of fused-ring (bicyclic) bond motifs is 4. The van der Waals surface area contributed by atoms with Gasteiger partial charge in [0.05, 0.1) is 12.8 Å². The predicted octanol–water partition coefficient (Wildman–Crippen LogP) is 6.76. The molecule has 0 fully saturated rings. The number of ketones is 2. The van der Waals surface area contributed by atoms with Crippen LogP contribution in [0.25, 0.3) is 32.5 Å². The van der Waals surface area contributed by atoms with Crippen LogP contribution in [0, 0.1) is 0 Å². The van der Waals surface area contributed by atoms with Gasteiger partial charge in [0.1, 0.15) is 21.2 Å². The van der Waals surface area contributed by atoms with E-state index in [0.717, 1.165) is 32.5 Å². The molecule has 0 aliphatic heterocycles. The highest BCUT2D eigenvalue weighted by molar-refractivity contribution is 9.10. The van der Waals surface area contributed by atoms with Gasteiger partial charge in [0.2, 0.25) is 11.6 Å². The zero-order valence-electron chi connectivity index (χ0n) is 18.5. The third-order valence-electron chi connectivity index (χ3n) is 6.22. The normalized spacial score (nSPS) is 12.0. The van der Waals surface area contributed by atoms with Gasteiger partial charge in [-0.05, 0) is 47.5 Å². The molecule has 2 N–H and O–H groups in total. The van der Waals surface area contributed by atoms with E-state index in [-0.39, 0.29) is 11.6 Å². The summed E-state index contributed by atoms with van der Waals surface area (Å²) in [7, 11) is 1.61. The van der Waals surface area contributed by atoms with E-state index in [0.29, 0.717) is 37.6 Å². The Kier molecular flexibility index (Phi) is 5.05. The number of nitrogens with zero attached hydrogens (tertiary/aromatic N) is 1. The fourth-order valence-electron chi connectivity index (χ4n) is 4.55. The van der Waals surface area contributed by atoms with Crippen molar-refractivity contribution in [2.45, 2.75) is 0 Å². The van der Waals surface area contributed by atoms with Gasteiger partial charge in [0, 0.05) is 32.1 Å². The number of rotatable bonds is 4. The number of nitrogen functional groups attached to an aromatic ring is 1. The summed E-state index contributed by atoms with van der Waals surface area (Å²) < 4.78 is 6.22. The Morgan fingerprint density at radius 3 is 2.31 bits per heavy atom. The number of nitrogens with two attached hydrogens (primary N) is 1. The molecule has 0 amide bonds. The lowest BCUT2D eigenvalue weighted by Gasteiger charge is -2.12. The average Bonchev–Trinajstić information content (AvgIpc) is 3.37. The lowest BCUT2D eigenvalue weighted by molar-refractivity contribution is 0.103. The number of anilines is 1. The van der Waals surface area contributed by atoms with Gasteiger partial charge in [-0.15, -0.1) is 11.3 Å². The summed E-state index contributed by atoms with van der Waals surface area (Å²) in [5.41, 5.74) is 11.8. The maximum atomic E-state index is 13.4. The van der Waals surface area contributed by atoms with Crippen LogP contribution in [-0.2, 0) is 0 Å². The molecular formula is C28H17BrN2O3S. The third kappa shape index (κ3) is 3.31. The first-order chi connectivity index (χ1) is 17.0. The second kappa shape index (κ2) is 8.15.